The highest BCUT2D eigenvalue weighted by Crippen LogP contribution is 2.38. The third-order valence-corrected chi connectivity index (χ3v) is 9.43. The molecule has 0 amide bonds. The zero-order valence-corrected chi connectivity index (χ0v) is 22.2. The molecule has 8 heteroatoms. The van der Waals surface area contributed by atoms with Gasteiger partial charge in [0.25, 0.3) is 0 Å². The van der Waals surface area contributed by atoms with Crippen molar-refractivity contribution < 1.29 is 18.3 Å². The van der Waals surface area contributed by atoms with Gasteiger partial charge in [-0.3, -0.25) is 9.69 Å². The van der Waals surface area contributed by atoms with E-state index in [0.717, 1.165) is 47.9 Å². The Bertz CT molecular complexity index is 1060. The molecule has 0 spiro atoms. The molecule has 1 aliphatic rings. The number of thioether (sulfide) groups is 1. The Kier molecular flexibility index (Phi) is 8.84. The summed E-state index contributed by atoms with van der Waals surface area (Å²) >= 11 is 1.49. The molecule has 0 bridgehead atoms. The van der Waals surface area contributed by atoms with Crippen molar-refractivity contribution in [3.63, 3.8) is 0 Å². The molecule has 3 rings (SSSR count). The summed E-state index contributed by atoms with van der Waals surface area (Å²) in [5.41, 5.74) is 3.20. The van der Waals surface area contributed by atoms with Gasteiger partial charge in [0.1, 0.15) is 6.04 Å². The summed E-state index contributed by atoms with van der Waals surface area (Å²) in [5.74, 6) is -0.553. The predicted octanol–water partition coefficient (Wildman–Crippen LogP) is 4.94. The Balaban J connectivity index is 1.78. The Morgan fingerprint density at radius 2 is 1.56 bits per heavy atom. The predicted molar refractivity (Wildman–Crippen MR) is 140 cm³/mol. The SMILES string of the molecule is CCCN(CCC)Cc1ccc(-c2ccc(S(=O)(=O)N3CCSC(C)(C)C3C(=O)O)cc2)cc1. The van der Waals surface area contributed by atoms with Crippen molar-refractivity contribution >= 4 is 27.8 Å². The first-order valence-corrected chi connectivity index (χ1v) is 14.3. The standard InChI is InChI=1S/C26H36N2O4S2/c1-5-15-27(16-6-2)19-20-7-9-21(10-8-20)22-11-13-23(14-12-22)34(31,32)28-17-18-33-26(3,4)24(28)25(29)30/h7-14,24H,5-6,15-19H2,1-4H3,(H,29,30). The molecule has 1 aliphatic heterocycles. The van der Waals surface area contributed by atoms with Crippen LogP contribution in [0.1, 0.15) is 46.1 Å². The van der Waals surface area contributed by atoms with E-state index < -0.39 is 26.8 Å². The van der Waals surface area contributed by atoms with E-state index in [4.69, 9.17) is 0 Å². The van der Waals surface area contributed by atoms with E-state index in [9.17, 15) is 18.3 Å². The number of aliphatic carboxylic acids is 1. The maximum absolute atomic E-state index is 13.3. The lowest BCUT2D eigenvalue weighted by Crippen LogP contribution is -2.58. The summed E-state index contributed by atoms with van der Waals surface area (Å²) in [4.78, 5) is 14.5. The van der Waals surface area contributed by atoms with Crippen LogP contribution in [-0.4, -0.2) is 64.9 Å². The van der Waals surface area contributed by atoms with E-state index >= 15 is 0 Å². The molecule has 34 heavy (non-hydrogen) atoms. The van der Waals surface area contributed by atoms with Crippen molar-refractivity contribution in [2.24, 2.45) is 0 Å². The first kappa shape index (κ1) is 26.7. The third kappa shape index (κ3) is 6.03. The van der Waals surface area contributed by atoms with Crippen molar-refractivity contribution in [1.29, 1.82) is 0 Å². The van der Waals surface area contributed by atoms with Crippen LogP contribution in [0.25, 0.3) is 11.1 Å². The normalized spacial score (nSPS) is 18.8. The van der Waals surface area contributed by atoms with Gasteiger partial charge in [0, 0.05) is 23.6 Å². The van der Waals surface area contributed by atoms with E-state index in [-0.39, 0.29) is 11.4 Å². The summed E-state index contributed by atoms with van der Waals surface area (Å²) in [5, 5.41) is 9.76. The maximum atomic E-state index is 13.3. The fraction of sp³-hybridized carbons (Fsp3) is 0.500. The van der Waals surface area contributed by atoms with Crippen LogP contribution in [0.5, 0.6) is 0 Å². The molecule has 1 N–H and O–H groups in total. The fourth-order valence-corrected chi connectivity index (χ4v) is 7.65. The summed E-state index contributed by atoms with van der Waals surface area (Å²) in [6.07, 6.45) is 2.27. The Hall–Kier alpha value is -1.87. The van der Waals surface area contributed by atoms with Gasteiger partial charge in [-0.25, -0.2) is 8.42 Å². The second-order valence-corrected chi connectivity index (χ2v) is 12.9. The molecule has 6 nitrogen and oxygen atoms in total. The van der Waals surface area contributed by atoms with Crippen molar-refractivity contribution in [3.05, 3.63) is 54.1 Å². The summed E-state index contributed by atoms with van der Waals surface area (Å²) < 4.78 is 27.1. The van der Waals surface area contributed by atoms with Crippen LogP contribution >= 0.6 is 11.8 Å². The van der Waals surface area contributed by atoms with Gasteiger partial charge in [0.15, 0.2) is 0 Å². The number of carboxylic acids is 1. The van der Waals surface area contributed by atoms with Crippen molar-refractivity contribution in [2.75, 3.05) is 25.4 Å². The lowest BCUT2D eigenvalue weighted by atomic mass is 10.0. The van der Waals surface area contributed by atoms with Crippen LogP contribution in [0.2, 0.25) is 0 Å². The van der Waals surface area contributed by atoms with Crippen molar-refractivity contribution in [1.82, 2.24) is 9.21 Å². The Morgan fingerprint density at radius 3 is 2.06 bits per heavy atom. The highest BCUT2D eigenvalue weighted by atomic mass is 32.2. The number of benzene rings is 2. The average molecular weight is 505 g/mol. The Labute approximate surface area is 208 Å². The number of rotatable bonds is 10. The van der Waals surface area contributed by atoms with Crippen LogP contribution in [0, 0.1) is 0 Å². The van der Waals surface area contributed by atoms with Crippen LogP contribution < -0.4 is 0 Å². The fourth-order valence-electron chi connectivity index (χ4n) is 4.55. The first-order valence-electron chi connectivity index (χ1n) is 11.9. The van der Waals surface area contributed by atoms with Gasteiger partial charge >= 0.3 is 5.97 Å². The maximum Gasteiger partial charge on any atom is 0.323 e. The zero-order chi connectivity index (χ0) is 24.9. The minimum absolute atomic E-state index is 0.122. The molecule has 2 aromatic carbocycles. The lowest BCUT2D eigenvalue weighted by molar-refractivity contribution is -0.142. The van der Waals surface area contributed by atoms with Crippen molar-refractivity contribution in [3.8, 4) is 11.1 Å². The molecule has 0 saturated carbocycles. The number of hydrogen-bond donors (Lipinski definition) is 1. The second-order valence-electron chi connectivity index (χ2n) is 9.31. The number of sulfonamides is 1. The number of carboxylic acid groups (broad SMARTS) is 1. The van der Waals surface area contributed by atoms with Crippen LogP contribution in [0.15, 0.2) is 53.4 Å². The van der Waals surface area contributed by atoms with Gasteiger partial charge in [0.05, 0.1) is 4.90 Å². The number of hydrogen-bond acceptors (Lipinski definition) is 5. The molecule has 0 radical (unpaired) electrons. The second kappa shape index (κ2) is 11.2. The lowest BCUT2D eigenvalue weighted by Gasteiger charge is -2.42. The topological polar surface area (TPSA) is 77.9 Å². The number of carbonyl (C=O) groups is 1. The van der Waals surface area contributed by atoms with E-state index in [1.807, 2.05) is 0 Å². The summed E-state index contributed by atoms with van der Waals surface area (Å²) in [6, 6.07) is 14.0. The molecule has 1 fully saturated rings. The van der Waals surface area contributed by atoms with E-state index in [0.29, 0.717) is 5.75 Å². The zero-order valence-electron chi connectivity index (χ0n) is 20.5. The third-order valence-electron chi connectivity index (χ3n) is 6.20. The smallest absolute Gasteiger partial charge is 0.323 e. The molecule has 1 unspecified atom stereocenters. The van der Waals surface area contributed by atoms with Crippen LogP contribution in [0.3, 0.4) is 0 Å². The molecule has 1 heterocycles. The first-order chi connectivity index (χ1) is 16.1. The highest BCUT2D eigenvalue weighted by Gasteiger charge is 2.48. The van der Waals surface area contributed by atoms with Gasteiger partial charge in [0.2, 0.25) is 10.0 Å². The summed E-state index contributed by atoms with van der Waals surface area (Å²) in [6.45, 7) is 11.2. The average Bonchev–Trinajstić information content (AvgIpc) is 2.79. The minimum atomic E-state index is -3.92. The molecule has 0 aliphatic carbocycles. The van der Waals surface area contributed by atoms with Crippen LogP contribution in [0.4, 0.5) is 0 Å². The largest absolute Gasteiger partial charge is 0.480 e. The molecular formula is C26H36N2O4S2. The summed E-state index contributed by atoms with van der Waals surface area (Å²) in [7, 11) is -3.92. The number of nitrogens with zero attached hydrogens (tertiary/aromatic N) is 2. The molecule has 186 valence electrons. The van der Waals surface area contributed by atoms with Gasteiger partial charge in [-0.1, -0.05) is 50.2 Å². The minimum Gasteiger partial charge on any atom is -0.480 e. The quantitative estimate of drug-likeness (QED) is 0.494. The van der Waals surface area contributed by atoms with Gasteiger partial charge in [-0.05, 0) is 68.6 Å². The molecule has 1 saturated heterocycles. The molecular weight excluding hydrogens is 468 g/mol. The van der Waals surface area contributed by atoms with Gasteiger partial charge in [-0.2, -0.15) is 16.1 Å². The van der Waals surface area contributed by atoms with Crippen LogP contribution in [-0.2, 0) is 21.4 Å². The Morgan fingerprint density at radius 1 is 1.03 bits per heavy atom. The monoisotopic (exact) mass is 504 g/mol. The molecule has 1 atom stereocenters. The van der Waals surface area contributed by atoms with Gasteiger partial charge in [-0.15, -0.1) is 0 Å². The van der Waals surface area contributed by atoms with Gasteiger partial charge < -0.3 is 5.11 Å². The highest BCUT2D eigenvalue weighted by molar-refractivity contribution is 8.00. The molecule has 0 aromatic heterocycles. The van der Waals surface area contributed by atoms with Crippen molar-refractivity contribution in [2.45, 2.75) is 62.8 Å². The van der Waals surface area contributed by atoms with E-state index in [2.05, 4.69) is 43.0 Å². The van der Waals surface area contributed by atoms with E-state index in [1.54, 1.807) is 38.1 Å². The van der Waals surface area contributed by atoms with E-state index in [1.165, 1.54) is 17.3 Å². The molecule has 2 aromatic rings.